The van der Waals surface area contributed by atoms with Gasteiger partial charge in [0.05, 0.1) is 28.6 Å². The molecule has 1 fully saturated rings. The van der Waals surface area contributed by atoms with Crippen LogP contribution in [0.3, 0.4) is 0 Å². The number of ether oxygens (including phenoxy) is 1. The molecule has 1 unspecified atom stereocenters. The van der Waals surface area contributed by atoms with Crippen molar-refractivity contribution in [3.63, 3.8) is 0 Å². The highest BCUT2D eigenvalue weighted by atomic mass is 35.5. The molecule has 0 aromatic heterocycles. The van der Waals surface area contributed by atoms with Gasteiger partial charge in [0.1, 0.15) is 5.75 Å². The number of sulfonamides is 1. The predicted octanol–water partition coefficient (Wildman–Crippen LogP) is 4.79. The Morgan fingerprint density at radius 1 is 1.10 bits per heavy atom. The first-order chi connectivity index (χ1) is 14.9. The highest BCUT2D eigenvalue weighted by molar-refractivity contribution is 7.89. The van der Waals surface area contributed by atoms with Crippen molar-refractivity contribution in [2.45, 2.75) is 50.0 Å². The van der Waals surface area contributed by atoms with Crippen LogP contribution in [0.4, 0.5) is 0 Å². The van der Waals surface area contributed by atoms with Gasteiger partial charge in [0.2, 0.25) is 10.0 Å². The minimum absolute atomic E-state index is 0.0986. The standard InChI is InChI=1S/C23H29ClN2O4S/c1-3-22(17-8-10-18(30-2)11-9-17)25-23(27)20-16-19(12-13-21(20)24)31(28,29)26-14-6-4-5-7-15-26/h8-13,16,22H,3-7,14-15H2,1-2H3,(H,25,27). The number of nitrogens with zero attached hydrogens (tertiary/aromatic N) is 1. The molecule has 6 nitrogen and oxygen atoms in total. The predicted molar refractivity (Wildman–Crippen MR) is 122 cm³/mol. The minimum atomic E-state index is -3.67. The smallest absolute Gasteiger partial charge is 0.253 e. The van der Waals surface area contributed by atoms with E-state index in [0.29, 0.717) is 19.5 Å². The van der Waals surface area contributed by atoms with E-state index in [2.05, 4.69) is 5.32 Å². The minimum Gasteiger partial charge on any atom is -0.497 e. The summed E-state index contributed by atoms with van der Waals surface area (Å²) in [6, 6.07) is 11.6. The van der Waals surface area contributed by atoms with Crippen LogP contribution >= 0.6 is 11.6 Å². The van der Waals surface area contributed by atoms with Gasteiger partial charge in [-0.1, -0.05) is 43.5 Å². The molecular weight excluding hydrogens is 436 g/mol. The Bertz CT molecular complexity index is 1000. The van der Waals surface area contributed by atoms with Crippen LogP contribution in [-0.2, 0) is 10.0 Å². The van der Waals surface area contributed by atoms with Crippen molar-refractivity contribution in [1.29, 1.82) is 0 Å². The van der Waals surface area contributed by atoms with Gasteiger partial charge in [-0.15, -0.1) is 0 Å². The van der Waals surface area contributed by atoms with E-state index in [1.807, 2.05) is 31.2 Å². The molecule has 1 saturated heterocycles. The summed E-state index contributed by atoms with van der Waals surface area (Å²) in [5.41, 5.74) is 1.09. The molecule has 1 amide bonds. The van der Waals surface area contributed by atoms with Crippen LogP contribution in [0.2, 0.25) is 5.02 Å². The maximum atomic E-state index is 13.1. The fourth-order valence-corrected chi connectivity index (χ4v) is 5.51. The molecule has 2 aromatic rings. The van der Waals surface area contributed by atoms with Crippen molar-refractivity contribution in [2.75, 3.05) is 20.2 Å². The lowest BCUT2D eigenvalue weighted by Crippen LogP contribution is -2.32. The molecular formula is C23H29ClN2O4S. The third-order valence-electron chi connectivity index (χ3n) is 5.62. The van der Waals surface area contributed by atoms with Gasteiger partial charge in [-0.05, 0) is 55.2 Å². The van der Waals surface area contributed by atoms with E-state index in [1.165, 1.54) is 22.5 Å². The van der Waals surface area contributed by atoms with E-state index in [4.69, 9.17) is 16.3 Å². The third kappa shape index (κ3) is 5.59. The third-order valence-corrected chi connectivity index (χ3v) is 7.84. The zero-order valence-corrected chi connectivity index (χ0v) is 19.5. The number of halogens is 1. The molecule has 0 radical (unpaired) electrons. The van der Waals surface area contributed by atoms with Gasteiger partial charge in [-0.25, -0.2) is 8.42 Å². The molecule has 8 heteroatoms. The topological polar surface area (TPSA) is 75.7 Å². The first-order valence-electron chi connectivity index (χ1n) is 10.6. The van der Waals surface area contributed by atoms with Crippen LogP contribution in [0, 0.1) is 0 Å². The molecule has 1 aliphatic rings. The number of hydrogen-bond donors (Lipinski definition) is 1. The Morgan fingerprint density at radius 3 is 2.32 bits per heavy atom. The first-order valence-corrected chi connectivity index (χ1v) is 12.4. The molecule has 0 bridgehead atoms. The van der Waals surface area contributed by atoms with Gasteiger partial charge in [0.25, 0.3) is 5.91 Å². The van der Waals surface area contributed by atoms with Crippen molar-refractivity contribution in [3.05, 3.63) is 58.6 Å². The summed E-state index contributed by atoms with van der Waals surface area (Å²) in [6.07, 6.45) is 4.43. The molecule has 1 aliphatic heterocycles. The van der Waals surface area contributed by atoms with Crippen LogP contribution < -0.4 is 10.1 Å². The van der Waals surface area contributed by atoms with Crippen molar-refractivity contribution < 1.29 is 17.9 Å². The van der Waals surface area contributed by atoms with Gasteiger partial charge >= 0.3 is 0 Å². The summed E-state index contributed by atoms with van der Waals surface area (Å²) >= 11 is 6.28. The number of benzene rings is 2. The summed E-state index contributed by atoms with van der Waals surface area (Å²) in [5.74, 6) is 0.333. The lowest BCUT2D eigenvalue weighted by Gasteiger charge is -2.21. The first kappa shape index (κ1) is 23.6. The summed E-state index contributed by atoms with van der Waals surface area (Å²) in [5, 5.41) is 3.19. The molecule has 0 aliphatic carbocycles. The van der Waals surface area contributed by atoms with E-state index in [9.17, 15) is 13.2 Å². The average Bonchev–Trinajstić information content (AvgIpc) is 3.08. The van der Waals surface area contributed by atoms with Crippen LogP contribution in [0.1, 0.15) is 61.0 Å². The maximum absolute atomic E-state index is 13.1. The molecule has 0 saturated carbocycles. The van der Waals surface area contributed by atoms with Crippen LogP contribution in [0.25, 0.3) is 0 Å². The van der Waals surface area contributed by atoms with Gasteiger partial charge in [0, 0.05) is 13.1 Å². The molecule has 1 atom stereocenters. The van der Waals surface area contributed by atoms with Crippen molar-refractivity contribution >= 4 is 27.5 Å². The summed E-state index contributed by atoms with van der Waals surface area (Å²) in [7, 11) is -2.07. The lowest BCUT2D eigenvalue weighted by atomic mass is 10.0. The van der Waals surface area contributed by atoms with E-state index in [-0.39, 0.29) is 21.5 Å². The zero-order valence-electron chi connectivity index (χ0n) is 17.9. The number of rotatable bonds is 7. The normalized spacial score (nSPS) is 16.4. The Hall–Kier alpha value is -2.09. The van der Waals surface area contributed by atoms with Crippen LogP contribution in [0.5, 0.6) is 5.75 Å². The Morgan fingerprint density at radius 2 is 1.74 bits per heavy atom. The second-order valence-corrected chi connectivity index (χ2v) is 10.0. The maximum Gasteiger partial charge on any atom is 0.253 e. The highest BCUT2D eigenvalue weighted by Crippen LogP contribution is 2.26. The summed E-state index contributed by atoms with van der Waals surface area (Å²) < 4.78 is 32.9. The fourth-order valence-electron chi connectivity index (χ4n) is 3.76. The van der Waals surface area contributed by atoms with Crippen LogP contribution in [0.15, 0.2) is 47.4 Å². The average molecular weight is 465 g/mol. The van der Waals surface area contributed by atoms with E-state index < -0.39 is 15.9 Å². The van der Waals surface area contributed by atoms with Crippen molar-refractivity contribution in [1.82, 2.24) is 9.62 Å². The van der Waals surface area contributed by atoms with Crippen molar-refractivity contribution in [2.24, 2.45) is 0 Å². The monoisotopic (exact) mass is 464 g/mol. The quantitative estimate of drug-likeness (QED) is 0.638. The molecule has 168 valence electrons. The van der Waals surface area contributed by atoms with Crippen LogP contribution in [-0.4, -0.2) is 38.8 Å². The van der Waals surface area contributed by atoms with Gasteiger partial charge in [-0.3, -0.25) is 4.79 Å². The lowest BCUT2D eigenvalue weighted by molar-refractivity contribution is 0.0935. The molecule has 31 heavy (non-hydrogen) atoms. The number of carbonyl (C=O) groups excluding carboxylic acids is 1. The molecule has 1 heterocycles. The second-order valence-electron chi connectivity index (χ2n) is 7.67. The Balaban J connectivity index is 1.83. The molecule has 3 rings (SSSR count). The number of methoxy groups -OCH3 is 1. The summed E-state index contributed by atoms with van der Waals surface area (Å²) in [6.45, 7) is 2.97. The van der Waals surface area contributed by atoms with E-state index >= 15 is 0 Å². The van der Waals surface area contributed by atoms with Gasteiger partial charge in [-0.2, -0.15) is 4.31 Å². The number of carbonyl (C=O) groups is 1. The second kappa shape index (κ2) is 10.5. The van der Waals surface area contributed by atoms with Gasteiger partial charge < -0.3 is 10.1 Å². The van der Waals surface area contributed by atoms with E-state index in [0.717, 1.165) is 37.0 Å². The fraction of sp³-hybridized carbons (Fsp3) is 0.435. The zero-order chi connectivity index (χ0) is 22.4. The SMILES string of the molecule is CCC(NC(=O)c1cc(S(=O)(=O)N2CCCCCC2)ccc1Cl)c1ccc(OC)cc1. The van der Waals surface area contributed by atoms with Gasteiger partial charge in [0.15, 0.2) is 0 Å². The van der Waals surface area contributed by atoms with E-state index in [1.54, 1.807) is 7.11 Å². The number of amides is 1. The van der Waals surface area contributed by atoms with Crippen molar-refractivity contribution in [3.8, 4) is 5.75 Å². The molecule has 0 spiro atoms. The molecule has 1 N–H and O–H groups in total. The number of hydrogen-bond acceptors (Lipinski definition) is 4. The largest absolute Gasteiger partial charge is 0.497 e. The Kier molecular flexibility index (Phi) is 7.97. The number of nitrogens with one attached hydrogen (secondary N) is 1. The summed E-state index contributed by atoms with van der Waals surface area (Å²) in [4.78, 5) is 13.1. The molecule has 2 aromatic carbocycles. The Labute approximate surface area is 189 Å². The highest BCUT2D eigenvalue weighted by Gasteiger charge is 2.27.